The summed E-state index contributed by atoms with van der Waals surface area (Å²) >= 11 is 11.2. The second-order valence-electron chi connectivity index (χ2n) is 3.88. The van der Waals surface area contributed by atoms with Crippen molar-refractivity contribution in [3.05, 3.63) is 55.3 Å². The molecule has 0 aliphatic rings. The topological polar surface area (TPSA) is 20.7 Å². The number of fused-ring (bicyclic) bond motifs is 1. The van der Waals surface area contributed by atoms with Crippen LogP contribution in [-0.2, 0) is 0 Å². The lowest BCUT2D eigenvalue weighted by molar-refractivity contribution is 1.06. The predicted octanol–water partition coefficient (Wildman–Crippen LogP) is 5.06. The molecule has 0 aliphatic heterocycles. The van der Waals surface area contributed by atoms with Gasteiger partial charge in [-0.25, -0.2) is 0 Å². The molecule has 3 aromatic rings. The molecule has 5 heteroatoms. The Morgan fingerprint density at radius 3 is 2.72 bits per heavy atom. The minimum absolute atomic E-state index is 0.715. The molecule has 1 heterocycles. The van der Waals surface area contributed by atoms with E-state index >= 15 is 0 Å². The Kier molecular flexibility index (Phi) is 3.29. The maximum absolute atomic E-state index is 5.43. The number of hydrogen-bond donors (Lipinski definition) is 1. The maximum Gasteiger partial charge on any atom is 0.182 e. The van der Waals surface area contributed by atoms with E-state index < -0.39 is 0 Å². The van der Waals surface area contributed by atoms with E-state index in [-0.39, 0.29) is 0 Å². The first-order valence-corrected chi connectivity index (χ1v) is 7.60. The molecule has 3 rings (SSSR count). The Morgan fingerprint density at radius 1 is 1.17 bits per heavy atom. The fraction of sp³-hybridized carbons (Fsp3) is 0. The van der Waals surface area contributed by atoms with Crippen molar-refractivity contribution in [1.29, 1.82) is 0 Å². The number of halogens is 2. The molecule has 0 radical (unpaired) electrons. The van der Waals surface area contributed by atoms with Gasteiger partial charge < -0.3 is 4.98 Å². The van der Waals surface area contributed by atoms with Crippen LogP contribution in [0.15, 0.2) is 46.9 Å². The van der Waals surface area contributed by atoms with E-state index in [9.17, 15) is 0 Å². The summed E-state index contributed by atoms with van der Waals surface area (Å²) in [4.78, 5) is 3.24. The number of H-pyrrole nitrogens is 1. The van der Waals surface area contributed by atoms with Crippen LogP contribution in [0.5, 0.6) is 0 Å². The minimum Gasteiger partial charge on any atom is -0.330 e. The van der Waals surface area contributed by atoms with Crippen molar-refractivity contribution in [2.45, 2.75) is 0 Å². The molecule has 0 amide bonds. The van der Waals surface area contributed by atoms with E-state index in [0.29, 0.717) is 4.77 Å². The molecule has 0 aliphatic carbocycles. The monoisotopic (exact) mass is 430 g/mol. The maximum atomic E-state index is 5.43. The summed E-state index contributed by atoms with van der Waals surface area (Å²) in [5, 5.41) is 0. The van der Waals surface area contributed by atoms with Gasteiger partial charge in [0.1, 0.15) is 0 Å². The van der Waals surface area contributed by atoms with Gasteiger partial charge in [-0.3, -0.25) is 4.57 Å². The smallest absolute Gasteiger partial charge is 0.182 e. The van der Waals surface area contributed by atoms with Crippen molar-refractivity contribution >= 4 is 61.8 Å². The lowest BCUT2D eigenvalue weighted by Crippen LogP contribution is -1.96. The predicted molar refractivity (Wildman–Crippen MR) is 88.9 cm³/mol. The number of aromatic nitrogens is 2. The zero-order chi connectivity index (χ0) is 12.7. The van der Waals surface area contributed by atoms with Gasteiger partial charge in [-0.15, -0.1) is 0 Å². The Labute approximate surface area is 131 Å². The fourth-order valence-electron chi connectivity index (χ4n) is 1.96. The van der Waals surface area contributed by atoms with Gasteiger partial charge in [0.05, 0.1) is 16.7 Å². The summed E-state index contributed by atoms with van der Waals surface area (Å²) < 4.78 is 5.00. The summed E-state index contributed by atoms with van der Waals surface area (Å²) in [6.07, 6.45) is 0. The largest absolute Gasteiger partial charge is 0.330 e. The molecular weight excluding hydrogens is 423 g/mol. The van der Waals surface area contributed by atoms with Gasteiger partial charge in [-0.05, 0) is 65.1 Å². The average Bonchev–Trinajstić information content (AvgIpc) is 2.65. The third-order valence-electron chi connectivity index (χ3n) is 2.74. The van der Waals surface area contributed by atoms with Crippen LogP contribution in [0.1, 0.15) is 0 Å². The fourth-order valence-corrected chi connectivity index (χ4v) is 3.25. The van der Waals surface area contributed by atoms with E-state index in [4.69, 9.17) is 12.2 Å². The molecule has 0 fully saturated rings. The lowest BCUT2D eigenvalue weighted by Gasteiger charge is -2.06. The van der Waals surface area contributed by atoms with Crippen molar-refractivity contribution in [2.75, 3.05) is 0 Å². The summed E-state index contributed by atoms with van der Waals surface area (Å²) in [7, 11) is 0. The van der Waals surface area contributed by atoms with Gasteiger partial charge in [0.2, 0.25) is 0 Å². The van der Waals surface area contributed by atoms with Gasteiger partial charge >= 0.3 is 0 Å². The van der Waals surface area contributed by atoms with Gasteiger partial charge in [0, 0.05) is 8.04 Å². The van der Waals surface area contributed by atoms with E-state index in [2.05, 4.69) is 66.3 Å². The number of para-hydroxylation sites is 1. The summed E-state index contributed by atoms with van der Waals surface area (Å²) in [5.41, 5.74) is 3.23. The Hall–Kier alpha value is -0.660. The summed E-state index contributed by atoms with van der Waals surface area (Å²) in [6.45, 7) is 0. The van der Waals surface area contributed by atoms with Crippen LogP contribution in [0, 0.1) is 8.34 Å². The number of imidazole rings is 1. The molecule has 0 bridgehead atoms. The highest BCUT2D eigenvalue weighted by atomic mass is 127. The molecule has 90 valence electrons. The van der Waals surface area contributed by atoms with Crippen LogP contribution in [0.2, 0.25) is 0 Å². The standard InChI is InChI=1S/C13H8BrIN2S/c14-8-5-6-12-10(7-8)16-13(18)17(12)11-4-2-1-3-9(11)15/h1-7H,(H,16,18). The second kappa shape index (κ2) is 4.79. The first-order valence-electron chi connectivity index (χ1n) is 5.32. The third-order valence-corrected chi connectivity index (χ3v) is 4.43. The number of nitrogens with zero attached hydrogens (tertiary/aromatic N) is 1. The minimum atomic E-state index is 0.715. The van der Waals surface area contributed by atoms with Crippen LogP contribution in [0.3, 0.4) is 0 Å². The Balaban J connectivity index is 2.40. The van der Waals surface area contributed by atoms with E-state index in [1.165, 1.54) is 3.57 Å². The molecule has 2 aromatic carbocycles. The Bertz CT molecular complexity index is 791. The highest BCUT2D eigenvalue weighted by Gasteiger charge is 2.08. The number of aromatic amines is 1. The van der Waals surface area contributed by atoms with Crippen LogP contribution in [0.4, 0.5) is 0 Å². The highest BCUT2D eigenvalue weighted by Crippen LogP contribution is 2.25. The number of hydrogen-bond acceptors (Lipinski definition) is 1. The highest BCUT2D eigenvalue weighted by molar-refractivity contribution is 14.1. The molecule has 0 unspecified atom stereocenters. The van der Waals surface area contributed by atoms with Crippen LogP contribution >= 0.6 is 50.7 Å². The SMILES string of the molecule is S=c1[nH]c2cc(Br)ccc2n1-c1ccccc1I. The van der Waals surface area contributed by atoms with Gasteiger partial charge in [0.25, 0.3) is 0 Å². The molecular formula is C13H8BrIN2S. The van der Waals surface area contributed by atoms with Crippen molar-refractivity contribution in [3.8, 4) is 5.69 Å². The lowest BCUT2D eigenvalue weighted by atomic mass is 10.3. The summed E-state index contributed by atoms with van der Waals surface area (Å²) in [5.74, 6) is 0. The molecule has 2 nitrogen and oxygen atoms in total. The molecule has 18 heavy (non-hydrogen) atoms. The summed E-state index contributed by atoms with van der Waals surface area (Å²) in [6, 6.07) is 14.3. The van der Waals surface area contributed by atoms with Crippen LogP contribution in [0.25, 0.3) is 16.7 Å². The Morgan fingerprint density at radius 2 is 1.94 bits per heavy atom. The van der Waals surface area contributed by atoms with Crippen LogP contribution < -0.4 is 0 Å². The molecule has 0 saturated carbocycles. The van der Waals surface area contributed by atoms with Crippen molar-refractivity contribution in [3.63, 3.8) is 0 Å². The van der Waals surface area contributed by atoms with Crippen molar-refractivity contribution < 1.29 is 0 Å². The normalized spacial score (nSPS) is 11.0. The quantitative estimate of drug-likeness (QED) is 0.423. The van der Waals surface area contributed by atoms with Crippen LogP contribution in [-0.4, -0.2) is 9.55 Å². The molecule has 0 atom stereocenters. The average molecular weight is 431 g/mol. The zero-order valence-electron chi connectivity index (χ0n) is 9.15. The molecule has 1 aromatic heterocycles. The van der Waals surface area contributed by atoms with Gasteiger partial charge in [0.15, 0.2) is 4.77 Å². The van der Waals surface area contributed by atoms with E-state index in [1.807, 2.05) is 24.3 Å². The first-order chi connectivity index (χ1) is 8.66. The molecule has 0 spiro atoms. The number of nitrogens with one attached hydrogen (secondary N) is 1. The van der Waals surface area contributed by atoms with E-state index in [1.54, 1.807) is 0 Å². The molecule has 1 N–H and O–H groups in total. The molecule has 0 saturated heterocycles. The zero-order valence-corrected chi connectivity index (χ0v) is 13.7. The van der Waals surface area contributed by atoms with Gasteiger partial charge in [-0.2, -0.15) is 0 Å². The van der Waals surface area contributed by atoms with Crippen molar-refractivity contribution in [1.82, 2.24) is 9.55 Å². The second-order valence-corrected chi connectivity index (χ2v) is 6.34. The number of benzene rings is 2. The van der Waals surface area contributed by atoms with Crippen molar-refractivity contribution in [2.24, 2.45) is 0 Å². The first kappa shape index (κ1) is 12.4. The van der Waals surface area contributed by atoms with Gasteiger partial charge in [-0.1, -0.05) is 28.1 Å². The third kappa shape index (κ3) is 2.04. The van der Waals surface area contributed by atoms with E-state index in [0.717, 1.165) is 21.2 Å². The number of rotatable bonds is 1.